The molecule has 4 nitrogen and oxygen atoms in total. The molecule has 0 aliphatic rings. The van der Waals surface area contributed by atoms with Gasteiger partial charge < -0.3 is 0 Å². The Kier molecular flexibility index (Phi) is 7.77. The van der Waals surface area contributed by atoms with Gasteiger partial charge in [-0.25, -0.2) is 4.68 Å². The van der Waals surface area contributed by atoms with Gasteiger partial charge in [-0.3, -0.25) is 4.68 Å². The lowest BCUT2D eigenvalue weighted by Crippen LogP contribution is -2.19. The lowest BCUT2D eigenvalue weighted by molar-refractivity contribution is -0.143. The summed E-state index contributed by atoms with van der Waals surface area (Å²) in [4.78, 5) is 0. The Morgan fingerprint density at radius 1 is 0.750 bits per heavy atom. The first-order valence-corrected chi connectivity index (χ1v) is 11.4. The van der Waals surface area contributed by atoms with E-state index in [0.29, 0.717) is 39.3 Å². The quantitative estimate of drug-likeness (QED) is 0.157. The van der Waals surface area contributed by atoms with E-state index in [4.69, 9.17) is 23.2 Å². The predicted molar refractivity (Wildman–Crippen MR) is 127 cm³/mol. The second-order valence-electron chi connectivity index (χ2n) is 6.45. The van der Waals surface area contributed by atoms with Crippen molar-refractivity contribution in [1.29, 1.82) is 0 Å². The predicted octanol–water partition coefficient (Wildman–Crippen LogP) is 7.71. The van der Waals surface area contributed by atoms with Crippen LogP contribution in [0.25, 0.3) is 21.8 Å². The van der Waals surface area contributed by atoms with Crippen LogP contribution >= 0.6 is 68.4 Å². The molecule has 2 heterocycles. The van der Waals surface area contributed by atoms with Gasteiger partial charge in [0.25, 0.3) is 0 Å². The summed E-state index contributed by atoms with van der Waals surface area (Å²) in [5, 5.41) is 9.91. The minimum atomic E-state index is -4.29. The minimum absolute atomic E-state index is 0.396. The summed E-state index contributed by atoms with van der Waals surface area (Å²) in [5.74, 6) is 0. The normalized spacial score (nSPS) is 12.3. The second kappa shape index (κ2) is 9.70. The molecule has 0 saturated heterocycles. The summed E-state index contributed by atoms with van der Waals surface area (Å²) in [7, 11) is 0. The van der Waals surface area contributed by atoms with Crippen molar-refractivity contribution in [1.82, 2.24) is 19.6 Å². The summed E-state index contributed by atoms with van der Waals surface area (Å²) in [6, 6.07) is 9.62. The minimum Gasteiger partial charge on any atom is -0.255 e. The molecule has 32 heavy (non-hydrogen) atoms. The molecule has 0 spiro atoms. The van der Waals surface area contributed by atoms with Gasteiger partial charge in [0.05, 0.1) is 11.0 Å². The zero-order valence-electron chi connectivity index (χ0n) is 15.4. The summed E-state index contributed by atoms with van der Waals surface area (Å²) < 4.78 is 76.4. The number of fused-ring (bicyclic) bond motifs is 2. The number of halogens is 10. The van der Waals surface area contributed by atoms with Crippen molar-refractivity contribution < 1.29 is 26.3 Å². The van der Waals surface area contributed by atoms with Crippen molar-refractivity contribution in [2.45, 2.75) is 25.4 Å². The van der Waals surface area contributed by atoms with E-state index in [9.17, 15) is 26.3 Å². The number of hydrogen-bond donors (Lipinski definition) is 0. The highest BCUT2D eigenvalue weighted by Gasteiger charge is 2.30. The van der Waals surface area contributed by atoms with Crippen LogP contribution in [0.4, 0.5) is 26.3 Å². The Morgan fingerprint density at radius 2 is 1.28 bits per heavy atom. The third-order valence-electron chi connectivity index (χ3n) is 3.96. The first-order valence-electron chi connectivity index (χ1n) is 8.50. The van der Waals surface area contributed by atoms with Gasteiger partial charge in [0, 0.05) is 20.8 Å². The van der Waals surface area contributed by atoms with Crippen molar-refractivity contribution in [2.24, 2.45) is 0 Å². The maximum absolute atomic E-state index is 12.3. The molecule has 0 atom stereocenters. The number of nitrogens with zero attached hydrogens (tertiary/aromatic N) is 4. The third-order valence-corrected chi connectivity index (χ3v) is 6.37. The fourth-order valence-electron chi connectivity index (χ4n) is 2.75. The topological polar surface area (TPSA) is 35.6 Å². The molecule has 0 radical (unpaired) electrons. The fraction of sp³-hybridized carbons (Fsp3) is 0.222. The molecule has 14 heteroatoms. The molecule has 0 bridgehead atoms. The van der Waals surface area contributed by atoms with E-state index >= 15 is 0 Å². The molecule has 0 aliphatic heterocycles. The molecule has 0 N–H and O–H groups in total. The van der Waals surface area contributed by atoms with Gasteiger partial charge >= 0.3 is 12.4 Å². The lowest BCUT2D eigenvalue weighted by Gasteiger charge is -2.07. The molecule has 2 aromatic carbocycles. The monoisotopic (exact) mass is 720 g/mol. The molecule has 0 amide bonds. The van der Waals surface area contributed by atoms with Crippen molar-refractivity contribution in [2.75, 3.05) is 0 Å². The van der Waals surface area contributed by atoms with Gasteiger partial charge in [0.1, 0.15) is 20.5 Å². The largest absolute Gasteiger partial charge is 0.408 e. The number of hydrogen-bond acceptors (Lipinski definition) is 2. The number of rotatable bonds is 2. The summed E-state index contributed by atoms with van der Waals surface area (Å²) in [6.07, 6.45) is -8.56. The standard InChI is InChI=1S/2C9H5ClF3IN2/c10-5-1-2-6-7(3-5)16(15-8(6)14)4-9(11,12)13;10-5-1-2-6-7(3-5)15-16(8(6)14)4-9(11,12)13/h2*1-3H,4H2. The van der Waals surface area contributed by atoms with Crippen LogP contribution in [0, 0.1) is 7.40 Å². The second-order valence-corrected chi connectivity index (χ2v) is 9.37. The van der Waals surface area contributed by atoms with Crippen LogP contribution in [0.3, 0.4) is 0 Å². The zero-order chi connectivity index (χ0) is 23.8. The van der Waals surface area contributed by atoms with Gasteiger partial charge in [-0.05, 0) is 81.6 Å². The lowest BCUT2D eigenvalue weighted by atomic mass is 10.2. The first-order chi connectivity index (χ1) is 14.7. The van der Waals surface area contributed by atoms with Crippen molar-refractivity contribution >= 4 is 90.2 Å². The van der Waals surface area contributed by atoms with Gasteiger partial charge in [0.15, 0.2) is 0 Å². The first kappa shape index (κ1) is 25.6. The van der Waals surface area contributed by atoms with Crippen LogP contribution in [0.15, 0.2) is 36.4 Å². The van der Waals surface area contributed by atoms with E-state index in [1.165, 1.54) is 6.07 Å². The van der Waals surface area contributed by atoms with Gasteiger partial charge in [-0.15, -0.1) is 0 Å². The molecule has 2 aromatic heterocycles. The summed E-state index contributed by atoms with van der Waals surface area (Å²) in [6.45, 7) is -2.19. The van der Waals surface area contributed by atoms with Gasteiger partial charge in [0.2, 0.25) is 0 Å². The molecule has 0 saturated carbocycles. The Morgan fingerprint density at radius 3 is 1.88 bits per heavy atom. The van der Waals surface area contributed by atoms with E-state index in [-0.39, 0.29) is 0 Å². The van der Waals surface area contributed by atoms with Crippen LogP contribution in [0.5, 0.6) is 0 Å². The van der Waals surface area contributed by atoms with Crippen LogP contribution in [-0.4, -0.2) is 31.9 Å². The molecule has 172 valence electrons. The Labute approximate surface area is 214 Å². The van der Waals surface area contributed by atoms with Crippen molar-refractivity contribution in [3.05, 3.63) is 53.8 Å². The van der Waals surface area contributed by atoms with E-state index in [0.717, 1.165) is 9.36 Å². The van der Waals surface area contributed by atoms with Gasteiger partial charge in [-0.1, -0.05) is 23.2 Å². The zero-order valence-corrected chi connectivity index (χ0v) is 21.3. The summed E-state index contributed by atoms with van der Waals surface area (Å²) in [5.41, 5.74) is 0.871. The highest BCUT2D eigenvalue weighted by molar-refractivity contribution is 14.1. The van der Waals surface area contributed by atoms with E-state index in [1.54, 1.807) is 30.3 Å². The molecular weight excluding hydrogens is 711 g/mol. The Bertz CT molecular complexity index is 1260. The van der Waals surface area contributed by atoms with Crippen molar-refractivity contribution in [3.63, 3.8) is 0 Å². The number of benzene rings is 2. The average molecular weight is 721 g/mol. The molecular formula is C18H10Cl2F6I2N4. The fourth-order valence-corrected chi connectivity index (χ4v) is 4.53. The van der Waals surface area contributed by atoms with Crippen LogP contribution in [-0.2, 0) is 13.1 Å². The molecule has 0 fully saturated rings. The highest BCUT2D eigenvalue weighted by atomic mass is 127. The molecule has 4 rings (SSSR count). The molecule has 4 aromatic rings. The Hall–Kier alpha value is -1.000. The van der Waals surface area contributed by atoms with Crippen LogP contribution < -0.4 is 0 Å². The van der Waals surface area contributed by atoms with Crippen molar-refractivity contribution in [3.8, 4) is 0 Å². The third kappa shape index (κ3) is 6.53. The van der Waals surface area contributed by atoms with E-state index < -0.39 is 25.4 Å². The maximum atomic E-state index is 12.3. The van der Waals surface area contributed by atoms with E-state index in [2.05, 4.69) is 10.2 Å². The average Bonchev–Trinajstić information content (AvgIpc) is 3.09. The number of aromatic nitrogens is 4. The maximum Gasteiger partial charge on any atom is 0.408 e. The highest BCUT2D eigenvalue weighted by Crippen LogP contribution is 2.27. The van der Waals surface area contributed by atoms with Crippen LogP contribution in [0.2, 0.25) is 10.0 Å². The van der Waals surface area contributed by atoms with E-state index in [1.807, 2.05) is 45.2 Å². The smallest absolute Gasteiger partial charge is 0.255 e. The molecule has 0 aliphatic carbocycles. The molecule has 0 unspecified atom stereocenters. The van der Waals surface area contributed by atoms with Crippen LogP contribution in [0.1, 0.15) is 0 Å². The summed E-state index contributed by atoms with van der Waals surface area (Å²) >= 11 is 15.2. The SMILES string of the molecule is FC(F)(F)Cn1nc(I)c2ccc(Cl)cc21.FC(F)(F)Cn1nc2cc(Cl)ccc2c1I. The van der Waals surface area contributed by atoms with Gasteiger partial charge in [-0.2, -0.15) is 36.5 Å². The number of alkyl halides is 6. The Balaban J connectivity index is 0.000000181.